The molecular weight excluding hydrogens is 317 g/mol. The molecule has 1 N–H and O–H groups in total. The number of hydrogen-bond donors (Lipinski definition) is 1. The quantitative estimate of drug-likeness (QED) is 0.898. The van der Waals surface area contributed by atoms with Crippen LogP contribution in [0.2, 0.25) is 0 Å². The van der Waals surface area contributed by atoms with Gasteiger partial charge in [0, 0.05) is 19.8 Å². The molecule has 1 atom stereocenters. The Bertz CT molecular complexity index is 694. The van der Waals surface area contributed by atoms with Gasteiger partial charge in [-0.05, 0) is 42.0 Å². The molecule has 1 amide bonds. The fraction of sp³-hybridized carbons (Fsp3) is 0.381. The third-order valence-electron chi connectivity index (χ3n) is 5.12. The van der Waals surface area contributed by atoms with Crippen molar-refractivity contribution >= 4 is 5.91 Å². The van der Waals surface area contributed by atoms with Gasteiger partial charge in [0.25, 0.3) is 0 Å². The number of carbonyl (C=O) groups is 1. The maximum absolute atomic E-state index is 13.3. The lowest BCUT2D eigenvalue weighted by molar-refractivity contribution is -0.130. The minimum Gasteiger partial charge on any atom is -0.381 e. The van der Waals surface area contributed by atoms with Crippen molar-refractivity contribution in [2.45, 2.75) is 31.1 Å². The molecule has 3 nitrogen and oxygen atoms in total. The van der Waals surface area contributed by atoms with Crippen LogP contribution >= 0.6 is 0 Å². The monoisotopic (exact) mass is 341 g/mol. The molecule has 3 rings (SSSR count). The smallest absolute Gasteiger partial charge is 0.230 e. The number of hydrogen-bond acceptors (Lipinski definition) is 2. The van der Waals surface area contributed by atoms with Crippen LogP contribution < -0.4 is 5.32 Å². The SMILES string of the molecule is C[C@H](CNC(=O)C1(c2ccc(F)cc2)CCOCC1)c1ccccc1. The lowest BCUT2D eigenvalue weighted by Gasteiger charge is -2.36. The Labute approximate surface area is 148 Å². The Morgan fingerprint density at radius 3 is 2.40 bits per heavy atom. The third-order valence-corrected chi connectivity index (χ3v) is 5.12. The maximum Gasteiger partial charge on any atom is 0.230 e. The van der Waals surface area contributed by atoms with E-state index in [1.807, 2.05) is 18.2 Å². The summed E-state index contributed by atoms with van der Waals surface area (Å²) in [5.74, 6) is -0.0514. The first-order valence-electron chi connectivity index (χ1n) is 8.79. The highest BCUT2D eigenvalue weighted by atomic mass is 19.1. The highest BCUT2D eigenvalue weighted by molar-refractivity contribution is 5.88. The molecular formula is C21H24FNO2. The topological polar surface area (TPSA) is 38.3 Å². The fourth-order valence-corrected chi connectivity index (χ4v) is 3.45. The van der Waals surface area contributed by atoms with Crippen molar-refractivity contribution < 1.29 is 13.9 Å². The van der Waals surface area contributed by atoms with Gasteiger partial charge in [0.1, 0.15) is 5.82 Å². The Hall–Kier alpha value is -2.20. The molecule has 132 valence electrons. The summed E-state index contributed by atoms with van der Waals surface area (Å²) in [5.41, 5.74) is 1.43. The van der Waals surface area contributed by atoms with Gasteiger partial charge in [-0.25, -0.2) is 4.39 Å². The van der Waals surface area contributed by atoms with Crippen LogP contribution in [0.3, 0.4) is 0 Å². The zero-order chi connectivity index (χ0) is 17.7. The van der Waals surface area contributed by atoms with Gasteiger partial charge in [-0.2, -0.15) is 0 Å². The van der Waals surface area contributed by atoms with Crippen molar-refractivity contribution in [2.24, 2.45) is 0 Å². The van der Waals surface area contributed by atoms with Crippen molar-refractivity contribution in [1.29, 1.82) is 0 Å². The van der Waals surface area contributed by atoms with E-state index in [0.29, 0.717) is 32.6 Å². The van der Waals surface area contributed by atoms with Gasteiger partial charge >= 0.3 is 0 Å². The average molecular weight is 341 g/mol. The van der Waals surface area contributed by atoms with E-state index >= 15 is 0 Å². The standard InChI is InChI=1S/C21H24FNO2/c1-16(17-5-3-2-4-6-17)15-23-20(24)21(11-13-25-14-12-21)18-7-9-19(22)10-8-18/h2-10,16H,11-15H2,1H3,(H,23,24)/t16-/m1/s1. The van der Waals surface area contributed by atoms with Crippen molar-refractivity contribution in [3.05, 3.63) is 71.5 Å². The van der Waals surface area contributed by atoms with Crippen LogP contribution in [-0.2, 0) is 14.9 Å². The summed E-state index contributed by atoms with van der Waals surface area (Å²) in [7, 11) is 0. The van der Waals surface area contributed by atoms with Crippen molar-refractivity contribution in [1.82, 2.24) is 5.32 Å². The number of rotatable bonds is 5. The van der Waals surface area contributed by atoms with E-state index in [0.717, 1.165) is 5.56 Å². The van der Waals surface area contributed by atoms with E-state index in [1.54, 1.807) is 12.1 Å². The molecule has 4 heteroatoms. The summed E-state index contributed by atoms with van der Waals surface area (Å²) in [6.07, 6.45) is 1.23. The minimum atomic E-state index is -0.637. The van der Waals surface area contributed by atoms with Crippen LogP contribution in [0.15, 0.2) is 54.6 Å². The summed E-state index contributed by atoms with van der Waals surface area (Å²) in [6.45, 7) is 3.76. The number of halogens is 1. The molecule has 1 heterocycles. The lowest BCUT2D eigenvalue weighted by Crippen LogP contribution is -2.48. The van der Waals surface area contributed by atoms with Crippen LogP contribution in [0.5, 0.6) is 0 Å². The number of amides is 1. The molecule has 0 unspecified atom stereocenters. The van der Waals surface area contributed by atoms with E-state index in [-0.39, 0.29) is 17.6 Å². The van der Waals surface area contributed by atoms with Crippen LogP contribution in [-0.4, -0.2) is 25.7 Å². The van der Waals surface area contributed by atoms with Gasteiger partial charge < -0.3 is 10.1 Å². The van der Waals surface area contributed by atoms with Crippen LogP contribution in [0.25, 0.3) is 0 Å². The number of nitrogens with one attached hydrogen (secondary N) is 1. The molecule has 0 aromatic heterocycles. The molecule has 0 saturated carbocycles. The second-order valence-corrected chi connectivity index (χ2v) is 6.72. The molecule has 1 aliphatic heterocycles. The molecule has 0 spiro atoms. The normalized spacial score (nSPS) is 17.7. The number of benzene rings is 2. The molecule has 2 aromatic rings. The molecule has 1 aliphatic rings. The molecule has 1 fully saturated rings. The zero-order valence-corrected chi connectivity index (χ0v) is 14.5. The summed E-state index contributed by atoms with van der Waals surface area (Å²) in [4.78, 5) is 13.1. The molecule has 25 heavy (non-hydrogen) atoms. The van der Waals surface area contributed by atoms with Gasteiger partial charge in [-0.15, -0.1) is 0 Å². The minimum absolute atomic E-state index is 0.00480. The molecule has 1 saturated heterocycles. The first-order valence-corrected chi connectivity index (χ1v) is 8.79. The Balaban J connectivity index is 1.75. The number of ether oxygens (including phenoxy) is 1. The molecule has 0 bridgehead atoms. The van der Waals surface area contributed by atoms with Gasteiger partial charge in [-0.1, -0.05) is 49.4 Å². The molecule has 0 aliphatic carbocycles. The van der Waals surface area contributed by atoms with E-state index in [1.165, 1.54) is 17.7 Å². The molecule has 2 aromatic carbocycles. The highest BCUT2D eigenvalue weighted by Crippen LogP contribution is 2.35. The van der Waals surface area contributed by atoms with E-state index < -0.39 is 5.41 Å². The van der Waals surface area contributed by atoms with Crippen LogP contribution in [0.1, 0.15) is 36.8 Å². The summed E-state index contributed by atoms with van der Waals surface area (Å²) >= 11 is 0. The molecule has 0 radical (unpaired) electrons. The summed E-state index contributed by atoms with van der Waals surface area (Å²) < 4.78 is 18.8. The zero-order valence-electron chi connectivity index (χ0n) is 14.5. The number of carbonyl (C=O) groups excluding carboxylic acids is 1. The van der Waals surface area contributed by atoms with Crippen molar-refractivity contribution in [2.75, 3.05) is 19.8 Å². The van der Waals surface area contributed by atoms with E-state index in [4.69, 9.17) is 4.74 Å². The van der Waals surface area contributed by atoms with Gasteiger partial charge in [0.05, 0.1) is 5.41 Å². The summed E-state index contributed by atoms with van der Waals surface area (Å²) in [6, 6.07) is 16.4. The van der Waals surface area contributed by atoms with E-state index in [2.05, 4.69) is 24.4 Å². The predicted molar refractivity (Wildman–Crippen MR) is 96.0 cm³/mol. The van der Waals surface area contributed by atoms with Gasteiger partial charge in [0.15, 0.2) is 0 Å². The Morgan fingerprint density at radius 1 is 1.12 bits per heavy atom. The van der Waals surface area contributed by atoms with Crippen LogP contribution in [0.4, 0.5) is 4.39 Å². The Morgan fingerprint density at radius 2 is 1.76 bits per heavy atom. The fourth-order valence-electron chi connectivity index (χ4n) is 3.45. The maximum atomic E-state index is 13.3. The summed E-state index contributed by atoms with van der Waals surface area (Å²) in [5, 5.41) is 3.12. The predicted octanol–water partition coefficient (Wildman–Crippen LogP) is 3.79. The van der Waals surface area contributed by atoms with Crippen molar-refractivity contribution in [3.63, 3.8) is 0 Å². The van der Waals surface area contributed by atoms with Crippen molar-refractivity contribution in [3.8, 4) is 0 Å². The lowest BCUT2D eigenvalue weighted by atomic mass is 9.73. The third kappa shape index (κ3) is 3.90. The average Bonchev–Trinajstić information content (AvgIpc) is 2.67. The van der Waals surface area contributed by atoms with E-state index in [9.17, 15) is 9.18 Å². The van der Waals surface area contributed by atoms with Gasteiger partial charge in [-0.3, -0.25) is 4.79 Å². The largest absolute Gasteiger partial charge is 0.381 e. The van der Waals surface area contributed by atoms with Gasteiger partial charge in [0.2, 0.25) is 5.91 Å². The van der Waals surface area contributed by atoms with Crippen LogP contribution in [0, 0.1) is 5.82 Å². The first kappa shape index (κ1) is 17.6. The first-order chi connectivity index (χ1) is 12.1. The highest BCUT2D eigenvalue weighted by Gasteiger charge is 2.41. The second kappa shape index (κ2) is 7.79. The Kier molecular flexibility index (Phi) is 5.49. The second-order valence-electron chi connectivity index (χ2n) is 6.72.